The Morgan fingerprint density at radius 1 is 0.857 bits per heavy atom. The number of hydrogen-bond acceptors (Lipinski definition) is 3. The monoisotopic (exact) mass is 389 g/mol. The SMILES string of the molecule is CCCCCCCC(CCCCCCC)COC(=O)C(N)Cc1ccccc1. The van der Waals surface area contributed by atoms with E-state index in [-0.39, 0.29) is 5.97 Å². The van der Waals surface area contributed by atoms with Gasteiger partial charge < -0.3 is 10.5 Å². The van der Waals surface area contributed by atoms with Gasteiger partial charge in [0.05, 0.1) is 6.61 Å². The van der Waals surface area contributed by atoms with Crippen molar-refractivity contribution in [1.82, 2.24) is 0 Å². The third-order valence-electron chi connectivity index (χ3n) is 5.49. The zero-order valence-electron chi connectivity index (χ0n) is 18.3. The minimum absolute atomic E-state index is 0.259. The van der Waals surface area contributed by atoms with E-state index in [0.717, 1.165) is 5.56 Å². The predicted molar refractivity (Wildman–Crippen MR) is 119 cm³/mol. The summed E-state index contributed by atoms with van der Waals surface area (Å²) >= 11 is 0. The van der Waals surface area contributed by atoms with Gasteiger partial charge in [0.15, 0.2) is 0 Å². The maximum Gasteiger partial charge on any atom is 0.323 e. The summed E-state index contributed by atoms with van der Waals surface area (Å²) in [5.74, 6) is 0.224. The second-order valence-electron chi connectivity index (χ2n) is 8.20. The Morgan fingerprint density at radius 2 is 1.39 bits per heavy atom. The Bertz CT molecular complexity index is 475. The van der Waals surface area contributed by atoms with Gasteiger partial charge in [-0.15, -0.1) is 0 Å². The van der Waals surface area contributed by atoms with Gasteiger partial charge in [0.25, 0.3) is 0 Å². The lowest BCUT2D eigenvalue weighted by atomic mass is 9.95. The summed E-state index contributed by atoms with van der Waals surface area (Å²) in [5.41, 5.74) is 7.15. The molecule has 1 atom stereocenters. The molecule has 1 aromatic rings. The van der Waals surface area contributed by atoms with Crippen molar-refractivity contribution >= 4 is 5.97 Å². The summed E-state index contributed by atoms with van der Waals surface area (Å²) in [5, 5.41) is 0. The Kier molecular flexibility index (Phi) is 14.6. The lowest BCUT2D eigenvalue weighted by Crippen LogP contribution is -2.35. The molecule has 0 fully saturated rings. The average Bonchev–Trinajstić information content (AvgIpc) is 2.71. The van der Waals surface area contributed by atoms with Crippen molar-refractivity contribution in [2.45, 2.75) is 103 Å². The smallest absolute Gasteiger partial charge is 0.323 e. The van der Waals surface area contributed by atoms with Crippen molar-refractivity contribution in [3.8, 4) is 0 Å². The molecule has 0 spiro atoms. The van der Waals surface area contributed by atoms with Crippen LogP contribution in [0.3, 0.4) is 0 Å². The van der Waals surface area contributed by atoms with Crippen LogP contribution in [0, 0.1) is 5.92 Å². The molecule has 3 nitrogen and oxygen atoms in total. The molecule has 1 rings (SSSR count). The van der Waals surface area contributed by atoms with Crippen molar-refractivity contribution in [3.63, 3.8) is 0 Å². The molecule has 28 heavy (non-hydrogen) atoms. The fourth-order valence-corrected chi connectivity index (χ4v) is 3.64. The fraction of sp³-hybridized carbons (Fsp3) is 0.720. The maximum atomic E-state index is 12.3. The van der Waals surface area contributed by atoms with Gasteiger partial charge in [-0.3, -0.25) is 4.79 Å². The lowest BCUT2D eigenvalue weighted by molar-refractivity contribution is -0.146. The number of rotatable bonds is 17. The van der Waals surface area contributed by atoms with Crippen LogP contribution >= 0.6 is 0 Å². The molecule has 0 aromatic heterocycles. The van der Waals surface area contributed by atoms with Crippen LogP contribution in [-0.4, -0.2) is 18.6 Å². The maximum absolute atomic E-state index is 12.3. The molecule has 1 unspecified atom stereocenters. The van der Waals surface area contributed by atoms with E-state index in [4.69, 9.17) is 10.5 Å². The van der Waals surface area contributed by atoms with E-state index in [9.17, 15) is 4.79 Å². The van der Waals surface area contributed by atoms with E-state index in [1.54, 1.807) is 0 Å². The standard InChI is InChI=1S/C25H43NO2/c1-3-5-7-9-12-18-23(19-13-10-8-6-4-2)21-28-25(27)24(26)20-22-16-14-11-15-17-22/h11,14-17,23-24H,3-10,12-13,18-21,26H2,1-2H3. The summed E-state index contributed by atoms with van der Waals surface area (Å²) in [6, 6.07) is 9.35. The van der Waals surface area contributed by atoms with Crippen molar-refractivity contribution in [2.24, 2.45) is 11.7 Å². The number of esters is 1. The van der Waals surface area contributed by atoms with Gasteiger partial charge in [-0.25, -0.2) is 0 Å². The molecule has 0 aliphatic carbocycles. The first kappa shape index (κ1) is 24.7. The molecular weight excluding hydrogens is 346 g/mol. The minimum Gasteiger partial charge on any atom is -0.464 e. The Balaban J connectivity index is 2.36. The Labute approximate surface area is 173 Å². The van der Waals surface area contributed by atoms with Crippen LogP contribution in [0.15, 0.2) is 30.3 Å². The fourth-order valence-electron chi connectivity index (χ4n) is 3.64. The first-order chi connectivity index (χ1) is 13.7. The molecule has 0 aliphatic rings. The number of unbranched alkanes of at least 4 members (excludes halogenated alkanes) is 8. The molecule has 2 N–H and O–H groups in total. The molecule has 0 bridgehead atoms. The topological polar surface area (TPSA) is 52.3 Å². The van der Waals surface area contributed by atoms with Gasteiger partial charge in [0, 0.05) is 0 Å². The number of benzene rings is 1. The van der Waals surface area contributed by atoms with E-state index >= 15 is 0 Å². The quantitative estimate of drug-likeness (QED) is 0.246. The van der Waals surface area contributed by atoms with Crippen LogP contribution in [0.1, 0.15) is 96.5 Å². The van der Waals surface area contributed by atoms with Gasteiger partial charge in [-0.05, 0) is 30.7 Å². The predicted octanol–water partition coefficient (Wildman–Crippen LogP) is 6.44. The van der Waals surface area contributed by atoms with E-state index < -0.39 is 6.04 Å². The highest BCUT2D eigenvalue weighted by Gasteiger charge is 2.18. The van der Waals surface area contributed by atoms with Crippen molar-refractivity contribution in [3.05, 3.63) is 35.9 Å². The van der Waals surface area contributed by atoms with Crippen LogP contribution < -0.4 is 5.73 Å². The van der Waals surface area contributed by atoms with Crippen LogP contribution in [0.25, 0.3) is 0 Å². The van der Waals surface area contributed by atoms with E-state index in [1.165, 1.54) is 77.0 Å². The summed E-state index contributed by atoms with van der Waals surface area (Å²) in [4.78, 5) is 12.3. The molecule has 0 aliphatic heterocycles. The molecule has 0 radical (unpaired) electrons. The van der Waals surface area contributed by atoms with E-state index in [1.807, 2.05) is 30.3 Å². The molecule has 160 valence electrons. The number of carbonyl (C=O) groups excluding carboxylic acids is 1. The van der Waals surface area contributed by atoms with Crippen molar-refractivity contribution in [1.29, 1.82) is 0 Å². The van der Waals surface area contributed by atoms with Crippen LogP contribution in [-0.2, 0) is 16.0 Å². The third-order valence-corrected chi connectivity index (χ3v) is 5.49. The lowest BCUT2D eigenvalue weighted by Gasteiger charge is -2.19. The normalized spacial score (nSPS) is 12.3. The molecule has 0 saturated carbocycles. The number of ether oxygens (including phenoxy) is 1. The second kappa shape index (κ2) is 16.6. The van der Waals surface area contributed by atoms with Gasteiger partial charge in [-0.1, -0.05) is 108 Å². The first-order valence-corrected chi connectivity index (χ1v) is 11.6. The molecule has 0 saturated heterocycles. The highest BCUT2D eigenvalue weighted by atomic mass is 16.5. The molecule has 3 heteroatoms. The first-order valence-electron chi connectivity index (χ1n) is 11.6. The summed E-state index contributed by atoms with van der Waals surface area (Å²) < 4.78 is 5.63. The minimum atomic E-state index is -0.572. The average molecular weight is 390 g/mol. The Morgan fingerprint density at radius 3 is 1.93 bits per heavy atom. The zero-order chi connectivity index (χ0) is 20.5. The summed E-state index contributed by atoms with van der Waals surface area (Å²) in [7, 11) is 0. The van der Waals surface area contributed by atoms with Crippen LogP contribution in [0.5, 0.6) is 0 Å². The van der Waals surface area contributed by atoms with E-state index in [0.29, 0.717) is 18.9 Å². The van der Waals surface area contributed by atoms with Crippen molar-refractivity contribution in [2.75, 3.05) is 6.61 Å². The summed E-state index contributed by atoms with van der Waals surface area (Å²) in [6.07, 6.45) is 15.8. The highest BCUT2D eigenvalue weighted by Crippen LogP contribution is 2.19. The Hall–Kier alpha value is -1.35. The van der Waals surface area contributed by atoms with E-state index in [2.05, 4.69) is 13.8 Å². The van der Waals surface area contributed by atoms with Gasteiger partial charge in [-0.2, -0.15) is 0 Å². The second-order valence-corrected chi connectivity index (χ2v) is 8.20. The van der Waals surface area contributed by atoms with Gasteiger partial charge >= 0.3 is 5.97 Å². The summed E-state index contributed by atoms with van der Waals surface area (Å²) in [6.45, 7) is 5.03. The van der Waals surface area contributed by atoms with Crippen molar-refractivity contribution < 1.29 is 9.53 Å². The highest BCUT2D eigenvalue weighted by molar-refractivity contribution is 5.75. The zero-order valence-corrected chi connectivity index (χ0v) is 18.3. The van der Waals surface area contributed by atoms with Gasteiger partial charge in [0.1, 0.15) is 6.04 Å². The molecule has 0 heterocycles. The van der Waals surface area contributed by atoms with Crippen LogP contribution in [0.2, 0.25) is 0 Å². The molecular formula is C25H43NO2. The third kappa shape index (κ3) is 12.2. The largest absolute Gasteiger partial charge is 0.464 e. The number of hydrogen-bond donors (Lipinski definition) is 1. The number of carbonyl (C=O) groups is 1. The van der Waals surface area contributed by atoms with Gasteiger partial charge in [0.2, 0.25) is 0 Å². The molecule has 0 amide bonds. The molecule has 1 aromatic carbocycles. The number of nitrogens with two attached hydrogens (primary N) is 1. The van der Waals surface area contributed by atoms with Crippen LogP contribution in [0.4, 0.5) is 0 Å².